The van der Waals surface area contributed by atoms with Crippen molar-refractivity contribution in [3.05, 3.63) is 28.4 Å². The third-order valence-corrected chi connectivity index (χ3v) is 2.49. The molecule has 1 atom stereocenters. The molecule has 0 bridgehead atoms. The van der Waals surface area contributed by atoms with Gasteiger partial charge in [-0.05, 0) is 18.9 Å². The molecule has 1 aromatic rings. The Hall–Kier alpha value is -1.69. The lowest BCUT2D eigenvalue weighted by molar-refractivity contribution is -0.385. The number of anilines is 1. The Morgan fingerprint density at radius 2 is 2.50 bits per heavy atom. The molecule has 0 radical (unpaired) electrons. The van der Waals surface area contributed by atoms with E-state index >= 15 is 0 Å². The zero-order chi connectivity index (χ0) is 11.4. The first-order valence-electron chi connectivity index (χ1n) is 5.21. The molecule has 2 heterocycles. The minimum Gasteiger partial charge on any atom is -0.376 e. The summed E-state index contributed by atoms with van der Waals surface area (Å²) in [5.74, 6) is 0.640. The number of aromatic nitrogens is 1. The fourth-order valence-electron chi connectivity index (χ4n) is 1.62. The SMILES string of the molecule is O=[N+]([O-])c1ccc(NCC2CCCO2)nc1. The first-order chi connectivity index (χ1) is 7.75. The summed E-state index contributed by atoms with van der Waals surface area (Å²) in [4.78, 5) is 13.9. The van der Waals surface area contributed by atoms with Crippen LogP contribution < -0.4 is 5.32 Å². The summed E-state index contributed by atoms with van der Waals surface area (Å²) < 4.78 is 5.44. The van der Waals surface area contributed by atoms with E-state index in [-0.39, 0.29) is 11.8 Å². The molecule has 6 nitrogen and oxygen atoms in total. The van der Waals surface area contributed by atoms with E-state index in [1.165, 1.54) is 12.3 Å². The van der Waals surface area contributed by atoms with E-state index in [1.807, 2.05) is 0 Å². The maximum atomic E-state index is 10.4. The zero-order valence-electron chi connectivity index (χ0n) is 8.76. The van der Waals surface area contributed by atoms with Crippen LogP contribution in [-0.2, 0) is 4.74 Å². The third kappa shape index (κ3) is 2.66. The summed E-state index contributed by atoms with van der Waals surface area (Å²) in [6, 6.07) is 3.04. The maximum absolute atomic E-state index is 10.4. The topological polar surface area (TPSA) is 77.3 Å². The fraction of sp³-hybridized carbons (Fsp3) is 0.500. The first kappa shape index (κ1) is 10.8. The standard InChI is InChI=1S/C10H13N3O3/c14-13(15)8-3-4-10(11-6-8)12-7-9-2-1-5-16-9/h3-4,6,9H,1-2,5,7H2,(H,11,12). The number of nitro groups is 1. The van der Waals surface area contributed by atoms with Crippen LogP contribution in [0.3, 0.4) is 0 Å². The molecule has 0 amide bonds. The minimum absolute atomic E-state index is 0.00247. The van der Waals surface area contributed by atoms with Gasteiger partial charge in [0.05, 0.1) is 11.0 Å². The maximum Gasteiger partial charge on any atom is 0.287 e. The Morgan fingerprint density at radius 1 is 1.62 bits per heavy atom. The molecule has 0 aliphatic carbocycles. The summed E-state index contributed by atoms with van der Waals surface area (Å²) in [7, 11) is 0. The van der Waals surface area contributed by atoms with E-state index in [9.17, 15) is 10.1 Å². The van der Waals surface area contributed by atoms with Crippen molar-refractivity contribution in [1.82, 2.24) is 4.98 Å². The lowest BCUT2D eigenvalue weighted by Crippen LogP contribution is -2.18. The van der Waals surface area contributed by atoms with Crippen LogP contribution >= 0.6 is 0 Å². The van der Waals surface area contributed by atoms with Crippen LogP contribution in [0.4, 0.5) is 11.5 Å². The second-order valence-electron chi connectivity index (χ2n) is 3.67. The number of nitrogens with zero attached hydrogens (tertiary/aromatic N) is 2. The van der Waals surface area contributed by atoms with Gasteiger partial charge in [0.15, 0.2) is 0 Å². The van der Waals surface area contributed by atoms with E-state index < -0.39 is 4.92 Å². The van der Waals surface area contributed by atoms with Gasteiger partial charge < -0.3 is 10.1 Å². The summed E-state index contributed by atoms with van der Waals surface area (Å²) in [6.07, 6.45) is 3.63. The summed E-state index contributed by atoms with van der Waals surface area (Å²) in [6.45, 7) is 1.52. The van der Waals surface area contributed by atoms with Gasteiger partial charge in [-0.2, -0.15) is 0 Å². The van der Waals surface area contributed by atoms with Crippen molar-refractivity contribution in [3.8, 4) is 0 Å². The second-order valence-corrected chi connectivity index (χ2v) is 3.67. The van der Waals surface area contributed by atoms with E-state index in [2.05, 4.69) is 10.3 Å². The quantitative estimate of drug-likeness (QED) is 0.619. The molecule has 0 spiro atoms. The molecule has 2 rings (SSSR count). The molecular weight excluding hydrogens is 210 g/mol. The van der Waals surface area contributed by atoms with Crippen molar-refractivity contribution in [2.45, 2.75) is 18.9 Å². The highest BCUT2D eigenvalue weighted by Gasteiger charge is 2.15. The zero-order valence-corrected chi connectivity index (χ0v) is 8.76. The van der Waals surface area contributed by atoms with Crippen LogP contribution in [0.25, 0.3) is 0 Å². The number of pyridine rings is 1. The Labute approximate surface area is 92.8 Å². The van der Waals surface area contributed by atoms with Gasteiger partial charge in [0.25, 0.3) is 5.69 Å². The highest BCUT2D eigenvalue weighted by Crippen LogP contribution is 2.14. The normalized spacial score (nSPS) is 19.6. The first-order valence-corrected chi connectivity index (χ1v) is 5.21. The minimum atomic E-state index is -0.461. The van der Waals surface area contributed by atoms with Crippen molar-refractivity contribution in [3.63, 3.8) is 0 Å². The molecule has 1 aliphatic heterocycles. The Bertz CT molecular complexity index is 360. The summed E-state index contributed by atoms with van der Waals surface area (Å²) in [5.41, 5.74) is 0.00247. The van der Waals surface area contributed by atoms with Gasteiger partial charge in [0.2, 0.25) is 0 Å². The molecule has 1 aliphatic rings. The van der Waals surface area contributed by atoms with Crippen molar-refractivity contribution >= 4 is 11.5 Å². The molecule has 0 saturated carbocycles. The van der Waals surface area contributed by atoms with Gasteiger partial charge >= 0.3 is 0 Å². The molecule has 0 aromatic carbocycles. The summed E-state index contributed by atoms with van der Waals surface area (Å²) >= 11 is 0. The molecule has 1 unspecified atom stereocenters. The number of hydrogen-bond donors (Lipinski definition) is 1. The molecule has 1 saturated heterocycles. The Balaban J connectivity index is 1.87. The lowest BCUT2D eigenvalue weighted by Gasteiger charge is -2.10. The van der Waals surface area contributed by atoms with E-state index in [4.69, 9.17) is 4.74 Å². The third-order valence-electron chi connectivity index (χ3n) is 2.49. The van der Waals surface area contributed by atoms with Crippen LogP contribution in [0.15, 0.2) is 18.3 Å². The van der Waals surface area contributed by atoms with Crippen molar-refractivity contribution in [1.29, 1.82) is 0 Å². The Morgan fingerprint density at radius 3 is 3.06 bits per heavy atom. The number of hydrogen-bond acceptors (Lipinski definition) is 5. The van der Waals surface area contributed by atoms with E-state index in [0.717, 1.165) is 19.4 Å². The predicted octanol–water partition coefficient (Wildman–Crippen LogP) is 1.58. The van der Waals surface area contributed by atoms with Crippen molar-refractivity contribution in [2.24, 2.45) is 0 Å². The average Bonchev–Trinajstić information content (AvgIpc) is 2.80. The van der Waals surface area contributed by atoms with Crippen LogP contribution in [0.2, 0.25) is 0 Å². The van der Waals surface area contributed by atoms with E-state index in [1.54, 1.807) is 6.07 Å². The number of rotatable bonds is 4. The van der Waals surface area contributed by atoms with Crippen molar-refractivity contribution < 1.29 is 9.66 Å². The number of ether oxygens (including phenoxy) is 1. The van der Waals surface area contributed by atoms with E-state index in [0.29, 0.717) is 12.4 Å². The van der Waals surface area contributed by atoms with Crippen molar-refractivity contribution in [2.75, 3.05) is 18.5 Å². The van der Waals surface area contributed by atoms with Gasteiger partial charge in [-0.1, -0.05) is 0 Å². The molecule has 1 N–H and O–H groups in total. The summed E-state index contributed by atoms with van der Waals surface area (Å²) in [5, 5.41) is 13.5. The number of nitrogens with one attached hydrogen (secondary N) is 1. The van der Waals surface area contributed by atoms with Gasteiger partial charge in [-0.15, -0.1) is 0 Å². The van der Waals surface area contributed by atoms with Crippen LogP contribution in [0.1, 0.15) is 12.8 Å². The van der Waals surface area contributed by atoms with Crippen LogP contribution in [-0.4, -0.2) is 29.2 Å². The molecule has 1 aromatic heterocycles. The monoisotopic (exact) mass is 223 g/mol. The predicted molar refractivity (Wildman–Crippen MR) is 58.4 cm³/mol. The molecular formula is C10H13N3O3. The molecule has 16 heavy (non-hydrogen) atoms. The Kier molecular flexibility index (Phi) is 3.31. The highest BCUT2D eigenvalue weighted by molar-refractivity contribution is 5.40. The largest absolute Gasteiger partial charge is 0.376 e. The second kappa shape index (κ2) is 4.89. The lowest BCUT2D eigenvalue weighted by atomic mass is 10.2. The molecule has 1 fully saturated rings. The van der Waals surface area contributed by atoms with Gasteiger partial charge in [-0.25, -0.2) is 4.98 Å². The van der Waals surface area contributed by atoms with Crippen LogP contribution in [0.5, 0.6) is 0 Å². The molecule has 6 heteroatoms. The van der Waals surface area contributed by atoms with Crippen LogP contribution in [0, 0.1) is 10.1 Å². The molecule has 86 valence electrons. The fourth-order valence-corrected chi connectivity index (χ4v) is 1.62. The highest BCUT2D eigenvalue weighted by atomic mass is 16.6. The smallest absolute Gasteiger partial charge is 0.287 e. The average molecular weight is 223 g/mol. The van der Waals surface area contributed by atoms with Gasteiger partial charge in [0, 0.05) is 19.2 Å². The van der Waals surface area contributed by atoms with Gasteiger partial charge in [-0.3, -0.25) is 10.1 Å². The van der Waals surface area contributed by atoms with Gasteiger partial charge in [0.1, 0.15) is 12.0 Å².